The Balaban J connectivity index is 1.61. The number of fused-ring (bicyclic) bond motifs is 1. The molecule has 160 valence electrons. The minimum Gasteiger partial charge on any atom is -0.378 e. The third kappa shape index (κ3) is 4.14. The van der Waals surface area contributed by atoms with Crippen molar-refractivity contribution in [2.45, 2.75) is 56.8 Å². The summed E-state index contributed by atoms with van der Waals surface area (Å²) >= 11 is 6.44. The fourth-order valence-corrected chi connectivity index (χ4v) is 4.76. The lowest BCUT2D eigenvalue weighted by molar-refractivity contribution is 0.0980. The molecule has 5 rings (SSSR count). The molecule has 0 amide bonds. The highest BCUT2D eigenvalue weighted by molar-refractivity contribution is 6.33. The van der Waals surface area contributed by atoms with Crippen LogP contribution in [0.5, 0.6) is 0 Å². The summed E-state index contributed by atoms with van der Waals surface area (Å²) in [4.78, 5) is 8.39. The largest absolute Gasteiger partial charge is 0.378 e. The van der Waals surface area contributed by atoms with Crippen LogP contribution in [0.2, 0.25) is 5.02 Å². The molecule has 1 aliphatic carbocycles. The highest BCUT2D eigenvalue weighted by atomic mass is 35.5. The van der Waals surface area contributed by atoms with Crippen molar-refractivity contribution in [3.05, 3.63) is 41.2 Å². The first-order chi connectivity index (χ1) is 15.0. The average Bonchev–Trinajstić information content (AvgIpc) is 3.50. The van der Waals surface area contributed by atoms with Gasteiger partial charge in [-0.1, -0.05) is 23.4 Å². The number of rotatable bonds is 3. The maximum Gasteiger partial charge on any atom is 0.220 e. The number of nitrogens with two attached hydrogens (primary N) is 1. The molecule has 31 heavy (non-hydrogen) atoms. The van der Waals surface area contributed by atoms with Gasteiger partial charge >= 0.3 is 0 Å². The van der Waals surface area contributed by atoms with E-state index in [1.807, 2.05) is 12.1 Å². The van der Waals surface area contributed by atoms with Crippen molar-refractivity contribution in [1.29, 1.82) is 0 Å². The van der Waals surface area contributed by atoms with Crippen molar-refractivity contribution in [1.82, 2.24) is 14.5 Å². The van der Waals surface area contributed by atoms with Gasteiger partial charge in [0.2, 0.25) is 5.95 Å². The van der Waals surface area contributed by atoms with Crippen molar-refractivity contribution in [2.24, 2.45) is 0 Å². The fraction of sp³-hybridized carbons (Fsp3) is 0.417. The first-order valence-corrected chi connectivity index (χ1v) is 11.2. The molecule has 2 aliphatic rings. The second-order valence-electron chi connectivity index (χ2n) is 8.48. The number of anilines is 1. The van der Waals surface area contributed by atoms with Gasteiger partial charge in [-0.15, -0.1) is 0 Å². The summed E-state index contributed by atoms with van der Waals surface area (Å²) in [6.07, 6.45) is 9.45. The molecule has 0 spiro atoms. The number of aliphatic hydroxyl groups is 1. The van der Waals surface area contributed by atoms with Crippen LogP contribution in [-0.2, 0) is 11.3 Å². The van der Waals surface area contributed by atoms with E-state index in [4.69, 9.17) is 22.1 Å². The molecule has 1 saturated heterocycles. The summed E-state index contributed by atoms with van der Waals surface area (Å²) < 4.78 is 8.04. The van der Waals surface area contributed by atoms with Gasteiger partial charge < -0.3 is 20.1 Å². The molecule has 1 aromatic carbocycles. The number of nitrogen functional groups attached to an aromatic ring is 1. The molecule has 3 N–H and O–H groups in total. The van der Waals surface area contributed by atoms with Crippen LogP contribution in [0.3, 0.4) is 0 Å². The highest BCUT2D eigenvalue weighted by Gasteiger charge is 2.28. The molecule has 0 unspecified atom stereocenters. The van der Waals surface area contributed by atoms with E-state index < -0.39 is 5.60 Å². The van der Waals surface area contributed by atoms with Crippen LogP contribution in [0.25, 0.3) is 22.2 Å². The minimum absolute atomic E-state index is 0.179. The van der Waals surface area contributed by atoms with Gasteiger partial charge in [0.05, 0.1) is 23.0 Å². The molecule has 1 aliphatic heterocycles. The van der Waals surface area contributed by atoms with Crippen molar-refractivity contribution >= 4 is 28.5 Å². The van der Waals surface area contributed by atoms with Crippen LogP contribution in [0.1, 0.15) is 44.1 Å². The number of ether oxygens (including phenoxy) is 1. The molecular weight excluding hydrogens is 412 g/mol. The van der Waals surface area contributed by atoms with Crippen LogP contribution in [0.4, 0.5) is 5.95 Å². The summed E-state index contributed by atoms with van der Waals surface area (Å²) in [5.74, 6) is 6.45. The Morgan fingerprint density at radius 1 is 1.29 bits per heavy atom. The SMILES string of the molecule is Nc1ncc(Cl)c(-c2cn(C[C@@H]3CCCO3)c3ccc(C#CC4(O)CCCC4)cc23)n1. The molecule has 2 fully saturated rings. The molecule has 1 saturated carbocycles. The Kier molecular flexibility index (Phi) is 5.35. The number of halogens is 1. The van der Waals surface area contributed by atoms with Crippen LogP contribution in [0, 0.1) is 11.8 Å². The molecular formula is C24H25ClN4O2. The van der Waals surface area contributed by atoms with Crippen LogP contribution in [0.15, 0.2) is 30.6 Å². The van der Waals surface area contributed by atoms with E-state index in [1.165, 1.54) is 6.20 Å². The molecule has 0 radical (unpaired) electrons. The summed E-state index contributed by atoms with van der Waals surface area (Å²) in [6, 6.07) is 6.10. The van der Waals surface area contributed by atoms with Gasteiger partial charge in [0, 0.05) is 41.4 Å². The molecule has 2 aromatic heterocycles. The summed E-state index contributed by atoms with van der Waals surface area (Å²) in [7, 11) is 0. The number of aromatic nitrogens is 3. The monoisotopic (exact) mass is 436 g/mol. The number of nitrogens with zero attached hydrogens (tertiary/aromatic N) is 3. The smallest absolute Gasteiger partial charge is 0.220 e. The average molecular weight is 437 g/mol. The lowest BCUT2D eigenvalue weighted by Gasteiger charge is -2.13. The van der Waals surface area contributed by atoms with Gasteiger partial charge in [-0.3, -0.25) is 0 Å². The Bertz CT molecular complexity index is 1180. The summed E-state index contributed by atoms with van der Waals surface area (Å²) in [5, 5.41) is 12.0. The Morgan fingerprint density at radius 2 is 2.13 bits per heavy atom. The van der Waals surface area contributed by atoms with E-state index in [2.05, 4.69) is 38.6 Å². The molecule has 3 aromatic rings. The van der Waals surface area contributed by atoms with E-state index in [-0.39, 0.29) is 12.1 Å². The molecule has 3 heterocycles. The normalized spacial score (nSPS) is 20.1. The predicted octanol–water partition coefficient (Wildman–Crippen LogP) is 4.17. The van der Waals surface area contributed by atoms with Crippen molar-refractivity contribution < 1.29 is 9.84 Å². The minimum atomic E-state index is -0.867. The topological polar surface area (TPSA) is 86.2 Å². The Hall–Kier alpha value is -2.59. The summed E-state index contributed by atoms with van der Waals surface area (Å²) in [6.45, 7) is 1.58. The van der Waals surface area contributed by atoms with Crippen LogP contribution >= 0.6 is 11.6 Å². The third-order valence-electron chi connectivity index (χ3n) is 6.19. The quantitative estimate of drug-likeness (QED) is 0.602. The maximum absolute atomic E-state index is 10.6. The Morgan fingerprint density at radius 3 is 2.90 bits per heavy atom. The second-order valence-corrected chi connectivity index (χ2v) is 8.88. The number of benzene rings is 1. The molecule has 1 atom stereocenters. The van der Waals surface area contributed by atoms with E-state index in [9.17, 15) is 5.11 Å². The zero-order valence-corrected chi connectivity index (χ0v) is 18.0. The third-order valence-corrected chi connectivity index (χ3v) is 6.47. The lowest BCUT2D eigenvalue weighted by atomic mass is 10.0. The second kappa shape index (κ2) is 8.16. The first-order valence-electron chi connectivity index (χ1n) is 10.8. The lowest BCUT2D eigenvalue weighted by Crippen LogP contribution is -2.20. The van der Waals surface area contributed by atoms with Gasteiger partial charge in [-0.25, -0.2) is 9.97 Å². The van der Waals surface area contributed by atoms with E-state index in [0.29, 0.717) is 10.7 Å². The summed E-state index contributed by atoms with van der Waals surface area (Å²) in [5.41, 5.74) is 8.38. The molecule has 7 heteroatoms. The van der Waals surface area contributed by atoms with Gasteiger partial charge in [0.1, 0.15) is 5.60 Å². The highest BCUT2D eigenvalue weighted by Crippen LogP contribution is 2.35. The van der Waals surface area contributed by atoms with Crippen molar-refractivity contribution in [2.75, 3.05) is 12.3 Å². The maximum atomic E-state index is 10.6. The number of hydrogen-bond acceptors (Lipinski definition) is 5. The van der Waals surface area contributed by atoms with Gasteiger partial charge in [-0.05, 0) is 56.7 Å². The predicted molar refractivity (Wildman–Crippen MR) is 122 cm³/mol. The van der Waals surface area contributed by atoms with E-state index in [1.54, 1.807) is 0 Å². The van der Waals surface area contributed by atoms with Gasteiger partial charge in [0.25, 0.3) is 0 Å². The molecule has 6 nitrogen and oxygen atoms in total. The standard InChI is InChI=1S/C24H25ClN4O2/c25-20-13-27-23(26)28-22(20)19-15-29(14-17-4-3-11-31-17)21-6-5-16(12-18(19)21)7-10-24(30)8-1-2-9-24/h5-6,12-13,15,17,30H,1-4,8-9,11,14H2,(H2,26,27,28)/t17-/m0/s1. The zero-order valence-electron chi connectivity index (χ0n) is 17.3. The first kappa shape index (κ1) is 20.3. The van der Waals surface area contributed by atoms with Gasteiger partial charge in [-0.2, -0.15) is 0 Å². The van der Waals surface area contributed by atoms with Gasteiger partial charge in [0.15, 0.2) is 0 Å². The Labute approximate surface area is 186 Å². The van der Waals surface area contributed by atoms with Crippen molar-refractivity contribution in [3.63, 3.8) is 0 Å². The zero-order chi connectivity index (χ0) is 21.4. The van der Waals surface area contributed by atoms with E-state index >= 15 is 0 Å². The van der Waals surface area contributed by atoms with E-state index in [0.717, 1.165) is 73.7 Å². The number of hydrogen-bond donors (Lipinski definition) is 2. The fourth-order valence-electron chi connectivity index (χ4n) is 4.57. The molecule has 0 bridgehead atoms. The van der Waals surface area contributed by atoms with Crippen LogP contribution < -0.4 is 5.73 Å². The van der Waals surface area contributed by atoms with Crippen molar-refractivity contribution in [3.8, 4) is 23.1 Å². The van der Waals surface area contributed by atoms with Crippen LogP contribution in [-0.4, -0.2) is 38.0 Å².